The van der Waals surface area contributed by atoms with E-state index < -0.39 is 9.84 Å². The number of aryl methyl sites for hydroxylation is 1. The molecule has 0 amide bonds. The van der Waals surface area contributed by atoms with Crippen LogP contribution in [0.25, 0.3) is 16.9 Å². The molecule has 0 bridgehead atoms. The zero-order valence-electron chi connectivity index (χ0n) is 15.0. The van der Waals surface area contributed by atoms with Crippen LogP contribution in [0.5, 0.6) is 0 Å². The van der Waals surface area contributed by atoms with Crippen LogP contribution in [0.4, 0.5) is 0 Å². The van der Waals surface area contributed by atoms with Crippen LogP contribution in [0.1, 0.15) is 5.69 Å². The van der Waals surface area contributed by atoms with E-state index in [9.17, 15) is 8.42 Å². The Labute approximate surface area is 171 Å². The van der Waals surface area contributed by atoms with Gasteiger partial charge in [-0.3, -0.25) is 4.98 Å². The molecule has 0 N–H and O–H groups in total. The van der Waals surface area contributed by atoms with Crippen LogP contribution in [-0.2, 0) is 9.84 Å². The molecule has 0 aliphatic heterocycles. The van der Waals surface area contributed by atoms with Crippen molar-refractivity contribution >= 4 is 38.8 Å². The molecule has 3 heterocycles. The third kappa shape index (κ3) is 3.17. The van der Waals surface area contributed by atoms with Crippen LogP contribution in [0, 0.1) is 6.92 Å². The zero-order valence-corrected chi connectivity index (χ0v) is 17.4. The van der Waals surface area contributed by atoms with Gasteiger partial charge in [0.25, 0.3) is 0 Å². The molecule has 0 atom stereocenters. The van der Waals surface area contributed by atoms with Crippen molar-refractivity contribution < 1.29 is 8.42 Å². The maximum atomic E-state index is 13.4. The molecule has 0 unspecified atom stereocenters. The molecule has 3 aromatic heterocycles. The van der Waals surface area contributed by atoms with E-state index in [1.165, 1.54) is 23.9 Å². The Morgan fingerprint density at radius 3 is 2.64 bits per heavy atom. The van der Waals surface area contributed by atoms with Crippen LogP contribution >= 0.6 is 23.4 Å². The SMILES string of the molecule is CSc1nn2c(C)cc(-c3cccnc3)nc2c1S(=O)(=O)c1cccc(Cl)c1. The lowest BCUT2D eigenvalue weighted by Crippen LogP contribution is -2.05. The number of benzene rings is 1. The third-order valence-corrected chi connectivity index (χ3v) is 7.05. The van der Waals surface area contributed by atoms with Gasteiger partial charge in [-0.1, -0.05) is 17.7 Å². The molecule has 0 saturated heterocycles. The second-order valence-electron chi connectivity index (χ2n) is 6.06. The molecule has 4 aromatic rings. The van der Waals surface area contributed by atoms with Gasteiger partial charge in [0.2, 0.25) is 9.84 Å². The molecule has 0 radical (unpaired) electrons. The Balaban J connectivity index is 2.03. The van der Waals surface area contributed by atoms with Gasteiger partial charge < -0.3 is 0 Å². The summed E-state index contributed by atoms with van der Waals surface area (Å²) in [6.07, 6.45) is 5.15. The van der Waals surface area contributed by atoms with Gasteiger partial charge in [0.05, 0.1) is 10.6 Å². The van der Waals surface area contributed by atoms with Gasteiger partial charge in [0, 0.05) is 28.7 Å². The predicted octanol–water partition coefficient (Wildman–Crippen LogP) is 4.31. The highest BCUT2D eigenvalue weighted by Gasteiger charge is 2.29. The summed E-state index contributed by atoms with van der Waals surface area (Å²) >= 11 is 7.28. The second-order valence-corrected chi connectivity index (χ2v) is 9.18. The van der Waals surface area contributed by atoms with Gasteiger partial charge in [-0.25, -0.2) is 17.9 Å². The highest BCUT2D eigenvalue weighted by atomic mass is 35.5. The number of thioether (sulfide) groups is 1. The maximum absolute atomic E-state index is 13.4. The van der Waals surface area contributed by atoms with Crippen molar-refractivity contribution in [3.8, 4) is 11.3 Å². The van der Waals surface area contributed by atoms with E-state index in [1.807, 2.05) is 25.1 Å². The fraction of sp³-hybridized carbons (Fsp3) is 0.105. The number of fused-ring (bicyclic) bond motifs is 1. The molecule has 0 fully saturated rings. The topological polar surface area (TPSA) is 77.2 Å². The molecule has 0 spiro atoms. The zero-order chi connectivity index (χ0) is 19.9. The smallest absolute Gasteiger partial charge is 0.213 e. The number of aromatic nitrogens is 4. The first-order chi connectivity index (χ1) is 13.4. The molecule has 0 aliphatic rings. The lowest BCUT2D eigenvalue weighted by molar-refractivity contribution is 0.594. The summed E-state index contributed by atoms with van der Waals surface area (Å²) in [7, 11) is -3.87. The first-order valence-corrected chi connectivity index (χ1v) is 11.4. The molecule has 28 heavy (non-hydrogen) atoms. The van der Waals surface area contributed by atoms with E-state index >= 15 is 0 Å². The first-order valence-electron chi connectivity index (χ1n) is 8.27. The monoisotopic (exact) mass is 430 g/mol. The molecule has 4 rings (SSSR count). The second kappa shape index (κ2) is 7.20. The van der Waals surface area contributed by atoms with Gasteiger partial charge in [0.15, 0.2) is 10.5 Å². The van der Waals surface area contributed by atoms with Gasteiger partial charge >= 0.3 is 0 Å². The van der Waals surface area contributed by atoms with Crippen LogP contribution in [-0.4, -0.2) is 34.3 Å². The van der Waals surface area contributed by atoms with Crippen molar-refractivity contribution in [1.82, 2.24) is 19.6 Å². The third-order valence-electron chi connectivity index (χ3n) is 4.22. The van der Waals surface area contributed by atoms with Crippen LogP contribution in [0.2, 0.25) is 5.02 Å². The average molecular weight is 431 g/mol. The predicted molar refractivity (Wildman–Crippen MR) is 110 cm³/mol. The van der Waals surface area contributed by atoms with E-state index in [1.54, 1.807) is 35.3 Å². The minimum absolute atomic E-state index is 0.0797. The summed E-state index contributed by atoms with van der Waals surface area (Å²) in [4.78, 5) is 8.93. The quantitative estimate of drug-likeness (QED) is 0.449. The Hall–Kier alpha value is -2.42. The molecule has 9 heteroatoms. The van der Waals surface area contributed by atoms with E-state index in [-0.39, 0.29) is 15.4 Å². The standard InChI is InChI=1S/C19H15ClN4O2S2/c1-12-9-16(13-5-4-8-21-11-13)22-18-17(19(27-2)23-24(12)18)28(25,26)15-7-3-6-14(20)10-15/h3-11H,1-2H3. The number of hydrogen-bond donors (Lipinski definition) is 0. The number of pyridine rings is 1. The van der Waals surface area contributed by atoms with E-state index in [4.69, 9.17) is 11.6 Å². The molecule has 0 aliphatic carbocycles. The number of nitrogens with zero attached hydrogens (tertiary/aromatic N) is 4. The Morgan fingerprint density at radius 1 is 1.14 bits per heavy atom. The molecule has 6 nitrogen and oxygen atoms in total. The number of sulfone groups is 1. The van der Waals surface area contributed by atoms with Gasteiger partial charge in [-0.15, -0.1) is 11.8 Å². The minimum atomic E-state index is -3.87. The number of rotatable bonds is 4. The molecule has 0 saturated carbocycles. The van der Waals surface area contributed by atoms with Crippen molar-refractivity contribution in [3.63, 3.8) is 0 Å². The van der Waals surface area contributed by atoms with Crippen LogP contribution < -0.4 is 0 Å². The number of hydrogen-bond acceptors (Lipinski definition) is 6. The minimum Gasteiger partial charge on any atom is -0.264 e. The largest absolute Gasteiger partial charge is 0.264 e. The van der Waals surface area contributed by atoms with Crippen LogP contribution in [0.15, 0.2) is 69.7 Å². The van der Waals surface area contributed by atoms with Gasteiger partial charge in [0.1, 0.15) is 5.03 Å². The summed E-state index contributed by atoms with van der Waals surface area (Å²) < 4.78 is 28.4. The molecular weight excluding hydrogens is 416 g/mol. The summed E-state index contributed by atoms with van der Waals surface area (Å²) in [5, 5.41) is 5.21. The van der Waals surface area contributed by atoms with Gasteiger partial charge in [-0.05, 0) is 49.6 Å². The summed E-state index contributed by atoms with van der Waals surface area (Å²) in [6.45, 7) is 1.86. The normalized spacial score (nSPS) is 11.8. The molecule has 1 aromatic carbocycles. The number of halogens is 1. The van der Waals surface area contributed by atoms with E-state index in [0.29, 0.717) is 15.7 Å². The average Bonchev–Trinajstić information content (AvgIpc) is 3.08. The Kier molecular flexibility index (Phi) is 4.86. The highest BCUT2D eigenvalue weighted by molar-refractivity contribution is 7.99. The van der Waals surface area contributed by atoms with E-state index in [2.05, 4.69) is 15.1 Å². The van der Waals surface area contributed by atoms with Crippen molar-refractivity contribution in [2.75, 3.05) is 6.26 Å². The molecule has 142 valence electrons. The van der Waals surface area contributed by atoms with Crippen molar-refractivity contribution in [2.45, 2.75) is 21.7 Å². The maximum Gasteiger partial charge on any atom is 0.213 e. The van der Waals surface area contributed by atoms with Crippen molar-refractivity contribution in [1.29, 1.82) is 0 Å². The van der Waals surface area contributed by atoms with Gasteiger partial charge in [-0.2, -0.15) is 5.10 Å². The summed E-state index contributed by atoms with van der Waals surface area (Å²) in [5.41, 5.74) is 2.48. The fourth-order valence-corrected chi connectivity index (χ4v) is 5.60. The van der Waals surface area contributed by atoms with E-state index in [0.717, 1.165) is 11.3 Å². The first kappa shape index (κ1) is 18.9. The van der Waals surface area contributed by atoms with Crippen molar-refractivity contribution in [2.24, 2.45) is 0 Å². The fourth-order valence-electron chi connectivity index (χ4n) is 2.91. The lowest BCUT2D eigenvalue weighted by atomic mass is 10.2. The Bertz CT molecular complexity index is 1290. The van der Waals surface area contributed by atoms with Crippen molar-refractivity contribution in [3.05, 3.63) is 65.6 Å². The lowest BCUT2D eigenvalue weighted by Gasteiger charge is -2.07. The Morgan fingerprint density at radius 2 is 1.96 bits per heavy atom. The van der Waals surface area contributed by atoms with Crippen LogP contribution in [0.3, 0.4) is 0 Å². The summed E-state index contributed by atoms with van der Waals surface area (Å²) in [5.74, 6) is 0. The summed E-state index contributed by atoms with van der Waals surface area (Å²) in [6, 6.07) is 11.7. The molecular formula is C19H15ClN4O2S2. The highest BCUT2D eigenvalue weighted by Crippen LogP contribution is 2.34.